The largest absolute Gasteiger partial charge is 0.327 e. The van der Waals surface area contributed by atoms with Crippen molar-refractivity contribution in [2.24, 2.45) is 0 Å². The van der Waals surface area contributed by atoms with Crippen LogP contribution >= 0.6 is 0 Å². The van der Waals surface area contributed by atoms with Crippen LogP contribution < -0.4 is 0 Å². The first-order valence-electron chi connectivity index (χ1n) is 11.1. The Bertz CT molecular complexity index is 1110. The summed E-state index contributed by atoms with van der Waals surface area (Å²) in [6, 6.07) is 14.1. The lowest BCUT2D eigenvalue weighted by Crippen LogP contribution is -2.41. The summed E-state index contributed by atoms with van der Waals surface area (Å²) in [6.45, 7) is 3.34. The Morgan fingerprint density at radius 3 is 2.59 bits per heavy atom. The highest BCUT2D eigenvalue weighted by Crippen LogP contribution is 2.31. The maximum atomic E-state index is 11.7. The smallest absolute Gasteiger partial charge is 0.137 e. The summed E-state index contributed by atoms with van der Waals surface area (Å²) in [5, 5.41) is 0. The Morgan fingerprint density at radius 2 is 1.72 bits per heavy atom. The van der Waals surface area contributed by atoms with E-state index in [1.165, 1.54) is 52.9 Å². The molecule has 0 unspecified atom stereocenters. The zero-order valence-corrected chi connectivity index (χ0v) is 16.9. The van der Waals surface area contributed by atoms with E-state index in [2.05, 4.69) is 45.9 Å². The normalized spacial score (nSPS) is 20.2. The molecule has 0 amide bonds. The number of nitrogens with zero attached hydrogens (tertiary/aromatic N) is 3. The van der Waals surface area contributed by atoms with Gasteiger partial charge in [-0.1, -0.05) is 30.7 Å². The third-order valence-corrected chi connectivity index (χ3v) is 7.25. The number of imidazole rings is 1. The second kappa shape index (κ2) is 6.81. The van der Waals surface area contributed by atoms with Gasteiger partial charge in [-0.15, -0.1) is 0 Å². The third kappa shape index (κ3) is 3.01. The van der Waals surface area contributed by atoms with E-state index in [-0.39, 0.29) is 0 Å². The van der Waals surface area contributed by atoms with Crippen LogP contribution in [0.2, 0.25) is 0 Å². The first-order chi connectivity index (χ1) is 14.2. The predicted octanol–water partition coefficient (Wildman–Crippen LogP) is 4.17. The molecule has 148 valence electrons. The average Bonchev–Trinajstić information content (AvgIpc) is 2.92. The number of carbonyl (C=O) groups is 1. The van der Waals surface area contributed by atoms with E-state index in [1.54, 1.807) is 0 Å². The topological polar surface area (TPSA) is 38.1 Å². The molecule has 4 nitrogen and oxygen atoms in total. The number of benzene rings is 2. The number of ketones is 1. The van der Waals surface area contributed by atoms with Crippen LogP contribution in [-0.4, -0.2) is 39.4 Å². The van der Waals surface area contributed by atoms with Gasteiger partial charge in [0.2, 0.25) is 0 Å². The van der Waals surface area contributed by atoms with E-state index < -0.39 is 0 Å². The number of aryl methyl sites for hydroxylation is 1. The second-order valence-electron chi connectivity index (χ2n) is 8.95. The number of Topliss-reactive ketones (excluding diaryl/α,β-unsaturated/α-hetero) is 1. The van der Waals surface area contributed by atoms with Crippen molar-refractivity contribution in [2.45, 2.75) is 57.5 Å². The van der Waals surface area contributed by atoms with Gasteiger partial charge in [0, 0.05) is 44.9 Å². The quantitative estimate of drug-likeness (QED) is 0.664. The molecule has 1 fully saturated rings. The number of rotatable bonds is 2. The van der Waals surface area contributed by atoms with Crippen LogP contribution in [0, 0.1) is 0 Å². The Kier molecular flexibility index (Phi) is 4.08. The lowest BCUT2D eigenvalue weighted by Gasteiger charge is -2.36. The lowest BCUT2D eigenvalue weighted by molar-refractivity contribution is -0.118. The predicted molar refractivity (Wildman–Crippen MR) is 115 cm³/mol. The summed E-state index contributed by atoms with van der Waals surface area (Å²) in [6.07, 6.45) is 7.36. The molecule has 6 rings (SSSR count). The monoisotopic (exact) mass is 385 g/mol. The molecule has 0 bridgehead atoms. The average molecular weight is 386 g/mol. The minimum atomic E-state index is 0.363. The van der Waals surface area contributed by atoms with Crippen LogP contribution in [0.1, 0.15) is 42.6 Å². The highest BCUT2D eigenvalue weighted by molar-refractivity contribution is 5.85. The summed E-state index contributed by atoms with van der Waals surface area (Å²) >= 11 is 0. The molecule has 0 atom stereocenters. The van der Waals surface area contributed by atoms with Crippen LogP contribution in [0.25, 0.3) is 22.2 Å². The molecule has 29 heavy (non-hydrogen) atoms. The summed E-state index contributed by atoms with van der Waals surface area (Å²) in [5.74, 6) is 1.60. The van der Waals surface area contributed by atoms with Gasteiger partial charge in [-0.25, -0.2) is 4.98 Å². The van der Waals surface area contributed by atoms with Crippen LogP contribution in [0.3, 0.4) is 0 Å². The molecular formula is C25H27N3O. The molecule has 2 aromatic carbocycles. The van der Waals surface area contributed by atoms with Gasteiger partial charge in [-0.3, -0.25) is 9.69 Å². The minimum absolute atomic E-state index is 0.363. The van der Waals surface area contributed by atoms with E-state index >= 15 is 0 Å². The van der Waals surface area contributed by atoms with Gasteiger partial charge in [0.15, 0.2) is 0 Å². The molecule has 1 saturated carbocycles. The number of carbonyl (C=O) groups excluding carboxylic acids is 1. The lowest BCUT2D eigenvalue weighted by atomic mass is 9.88. The molecule has 2 heterocycles. The molecule has 0 spiro atoms. The molecule has 4 heteroatoms. The van der Waals surface area contributed by atoms with Gasteiger partial charge in [0.05, 0.1) is 11.0 Å². The molecule has 1 aromatic heterocycles. The van der Waals surface area contributed by atoms with Crippen molar-refractivity contribution in [3.63, 3.8) is 0 Å². The van der Waals surface area contributed by atoms with E-state index in [4.69, 9.17) is 4.98 Å². The number of fused-ring (bicyclic) bond motifs is 4. The van der Waals surface area contributed by atoms with E-state index in [0.717, 1.165) is 44.0 Å². The number of hydrogen-bond acceptors (Lipinski definition) is 3. The van der Waals surface area contributed by atoms with Gasteiger partial charge >= 0.3 is 0 Å². The molecule has 0 radical (unpaired) electrons. The van der Waals surface area contributed by atoms with Crippen molar-refractivity contribution in [3.05, 3.63) is 53.3 Å². The Morgan fingerprint density at radius 1 is 0.862 bits per heavy atom. The molecule has 0 N–H and O–H groups in total. The van der Waals surface area contributed by atoms with Crippen molar-refractivity contribution in [1.29, 1.82) is 0 Å². The Balaban J connectivity index is 1.31. The summed E-state index contributed by atoms with van der Waals surface area (Å²) in [5.41, 5.74) is 7.38. The fourth-order valence-corrected chi connectivity index (χ4v) is 5.29. The maximum absolute atomic E-state index is 11.7. The van der Waals surface area contributed by atoms with E-state index in [0.29, 0.717) is 18.6 Å². The Hall–Kier alpha value is -2.46. The maximum Gasteiger partial charge on any atom is 0.137 e. The van der Waals surface area contributed by atoms with Gasteiger partial charge in [-0.05, 0) is 53.6 Å². The van der Waals surface area contributed by atoms with Crippen molar-refractivity contribution < 1.29 is 4.79 Å². The van der Waals surface area contributed by atoms with Crippen LogP contribution in [-0.2, 0) is 30.6 Å². The van der Waals surface area contributed by atoms with Crippen LogP contribution in [0.5, 0.6) is 0 Å². The van der Waals surface area contributed by atoms with E-state index in [1.807, 2.05) is 0 Å². The van der Waals surface area contributed by atoms with Crippen LogP contribution in [0.15, 0.2) is 36.4 Å². The van der Waals surface area contributed by atoms with Crippen LogP contribution in [0.4, 0.5) is 0 Å². The highest BCUT2D eigenvalue weighted by atomic mass is 16.1. The van der Waals surface area contributed by atoms with Crippen molar-refractivity contribution >= 4 is 16.8 Å². The molecular weight excluding hydrogens is 358 g/mol. The summed E-state index contributed by atoms with van der Waals surface area (Å²) in [7, 11) is 0. The van der Waals surface area contributed by atoms with E-state index in [9.17, 15) is 4.79 Å². The molecule has 1 aliphatic heterocycles. The SMILES string of the molecule is O=C1CCc2cc(-c3ccc4c(c3)nc3n4CCN(C4CCC4)CC3)ccc2C1. The zero-order valence-electron chi connectivity index (χ0n) is 16.9. The minimum Gasteiger partial charge on any atom is -0.327 e. The first-order valence-corrected chi connectivity index (χ1v) is 11.1. The zero-order chi connectivity index (χ0) is 19.4. The summed E-state index contributed by atoms with van der Waals surface area (Å²) in [4.78, 5) is 19.4. The van der Waals surface area contributed by atoms with Crippen molar-refractivity contribution in [2.75, 3.05) is 13.1 Å². The Labute approximate surface area is 171 Å². The second-order valence-corrected chi connectivity index (χ2v) is 8.95. The molecule has 0 saturated heterocycles. The fourth-order valence-electron chi connectivity index (χ4n) is 5.29. The standard InChI is InChI=1S/C25H27N3O/c29-22-8-6-18-14-17(4-5-19(18)15-22)20-7-9-24-23(16-20)26-25-10-11-27(12-13-28(24)25)21-2-1-3-21/h4-5,7,9,14,16,21H,1-3,6,8,10-13,15H2. The molecule has 3 aromatic rings. The summed E-state index contributed by atoms with van der Waals surface area (Å²) < 4.78 is 2.44. The number of hydrogen-bond donors (Lipinski definition) is 0. The van der Waals surface area contributed by atoms with Gasteiger partial charge in [0.1, 0.15) is 11.6 Å². The van der Waals surface area contributed by atoms with Gasteiger partial charge < -0.3 is 4.57 Å². The van der Waals surface area contributed by atoms with Crippen molar-refractivity contribution in [3.8, 4) is 11.1 Å². The van der Waals surface area contributed by atoms with Crippen molar-refractivity contribution in [1.82, 2.24) is 14.5 Å². The van der Waals surface area contributed by atoms with Gasteiger partial charge in [-0.2, -0.15) is 0 Å². The highest BCUT2D eigenvalue weighted by Gasteiger charge is 2.27. The van der Waals surface area contributed by atoms with Gasteiger partial charge in [0.25, 0.3) is 0 Å². The third-order valence-electron chi connectivity index (χ3n) is 7.25. The number of aromatic nitrogens is 2. The fraction of sp³-hybridized carbons (Fsp3) is 0.440. The molecule has 2 aliphatic carbocycles. The molecule has 3 aliphatic rings. The first kappa shape index (κ1) is 17.4.